The molecule has 2 fully saturated rings. The van der Waals surface area contributed by atoms with Crippen LogP contribution in [0.4, 0.5) is 13.6 Å². The van der Waals surface area contributed by atoms with E-state index in [-0.39, 0.29) is 35.1 Å². The quantitative estimate of drug-likeness (QED) is 0.726. The maximum atomic E-state index is 13.6. The molecule has 2 unspecified atom stereocenters. The van der Waals surface area contributed by atoms with E-state index in [9.17, 15) is 18.4 Å². The van der Waals surface area contributed by atoms with Gasteiger partial charge in [-0.05, 0) is 58.6 Å². The van der Waals surface area contributed by atoms with Gasteiger partial charge in [-0.3, -0.25) is 4.79 Å². The monoisotopic (exact) mass is 376 g/mol. The maximum absolute atomic E-state index is 13.6. The lowest BCUT2D eigenvalue weighted by atomic mass is 9.83. The molecule has 0 spiro atoms. The summed E-state index contributed by atoms with van der Waals surface area (Å²) < 4.78 is 32.4. The molecular formula is C20H22F2N2O3. The molecule has 2 heterocycles. The molecule has 2 saturated heterocycles. The third-order valence-electron chi connectivity index (χ3n) is 5.15. The number of hydrogen-bond acceptors (Lipinski definition) is 4. The highest BCUT2D eigenvalue weighted by atomic mass is 19.2. The summed E-state index contributed by atoms with van der Waals surface area (Å²) in [5.74, 6) is -3.10. The van der Waals surface area contributed by atoms with Crippen molar-refractivity contribution in [3.8, 4) is 6.07 Å². The fourth-order valence-electron chi connectivity index (χ4n) is 4.07. The summed E-state index contributed by atoms with van der Waals surface area (Å²) in [5, 5.41) is 9.16. The second-order valence-electron chi connectivity index (χ2n) is 8.23. The average Bonchev–Trinajstić information content (AvgIpc) is 2.85. The molecule has 0 aliphatic carbocycles. The Kier molecular flexibility index (Phi) is 4.94. The van der Waals surface area contributed by atoms with E-state index in [1.54, 1.807) is 31.7 Å². The van der Waals surface area contributed by atoms with Crippen molar-refractivity contribution >= 4 is 11.9 Å². The van der Waals surface area contributed by atoms with Crippen molar-refractivity contribution < 1.29 is 23.1 Å². The molecule has 0 aromatic heterocycles. The topological polar surface area (TPSA) is 70.4 Å². The number of carbonyl (C=O) groups excluding carboxylic acids is 2. The first-order valence-corrected chi connectivity index (χ1v) is 9.05. The van der Waals surface area contributed by atoms with Gasteiger partial charge in [0.25, 0.3) is 0 Å². The molecule has 27 heavy (non-hydrogen) atoms. The maximum Gasteiger partial charge on any atom is 0.410 e. The molecule has 2 aliphatic heterocycles. The Balaban J connectivity index is 1.79. The van der Waals surface area contributed by atoms with Crippen LogP contribution in [0, 0.1) is 28.9 Å². The van der Waals surface area contributed by atoms with E-state index in [0.29, 0.717) is 12.8 Å². The number of nitrogens with zero attached hydrogens (tertiary/aromatic N) is 2. The first-order chi connectivity index (χ1) is 12.6. The number of benzene rings is 1. The minimum absolute atomic E-state index is 0.0912. The van der Waals surface area contributed by atoms with Crippen molar-refractivity contribution in [1.82, 2.24) is 4.90 Å². The molecule has 0 saturated carbocycles. The largest absolute Gasteiger partial charge is 0.444 e. The van der Waals surface area contributed by atoms with Gasteiger partial charge in [0, 0.05) is 23.6 Å². The second kappa shape index (κ2) is 6.91. The van der Waals surface area contributed by atoms with E-state index in [1.165, 1.54) is 0 Å². The Labute approximate surface area is 156 Å². The Morgan fingerprint density at radius 2 is 1.70 bits per heavy atom. The molecule has 144 valence electrons. The zero-order valence-electron chi connectivity index (χ0n) is 15.6. The number of fused-ring (bicyclic) bond motifs is 2. The minimum atomic E-state index is -1.15. The first kappa shape index (κ1) is 19.3. The number of ketones is 1. The average molecular weight is 376 g/mol. The molecule has 2 atom stereocenters. The van der Waals surface area contributed by atoms with Crippen LogP contribution in [0.2, 0.25) is 0 Å². The van der Waals surface area contributed by atoms with Gasteiger partial charge in [0.2, 0.25) is 0 Å². The van der Waals surface area contributed by atoms with Crippen LogP contribution in [0.3, 0.4) is 0 Å². The number of rotatable bonds is 2. The summed E-state index contributed by atoms with van der Waals surface area (Å²) >= 11 is 0. The van der Waals surface area contributed by atoms with E-state index in [0.717, 1.165) is 25.0 Å². The number of halogens is 2. The van der Waals surface area contributed by atoms with Crippen LogP contribution in [0.25, 0.3) is 0 Å². The molecule has 1 aromatic carbocycles. The molecule has 5 nitrogen and oxygen atoms in total. The van der Waals surface area contributed by atoms with Crippen molar-refractivity contribution in [3.05, 3.63) is 34.9 Å². The molecule has 1 aromatic rings. The van der Waals surface area contributed by atoms with Gasteiger partial charge in [-0.15, -0.1) is 0 Å². The number of Topliss-reactive ketones (excluding diaryl/α,β-unsaturated/α-hetero) is 1. The lowest BCUT2D eigenvalue weighted by molar-refractivity contribution is 0.00254. The molecule has 7 heteroatoms. The minimum Gasteiger partial charge on any atom is -0.444 e. The zero-order chi connectivity index (χ0) is 19.9. The van der Waals surface area contributed by atoms with Crippen molar-refractivity contribution in [2.45, 2.75) is 64.1 Å². The van der Waals surface area contributed by atoms with Crippen molar-refractivity contribution in [1.29, 1.82) is 5.26 Å². The van der Waals surface area contributed by atoms with E-state index in [2.05, 4.69) is 0 Å². The van der Waals surface area contributed by atoms with Gasteiger partial charge in [0.05, 0.1) is 11.6 Å². The van der Waals surface area contributed by atoms with Gasteiger partial charge < -0.3 is 9.64 Å². The molecule has 3 rings (SSSR count). The Morgan fingerprint density at radius 3 is 2.22 bits per heavy atom. The number of nitriles is 1. The SMILES string of the molecule is CC(C)(C)OC(=O)N1C2CCC1CC(C(=O)c1cc(F)c(F)cc1C#N)C2. The molecule has 1 amide bonds. The number of amides is 1. The van der Waals surface area contributed by atoms with Gasteiger partial charge in [0.1, 0.15) is 5.60 Å². The number of ether oxygens (including phenoxy) is 1. The molecular weight excluding hydrogens is 354 g/mol. The van der Waals surface area contributed by atoms with Crippen LogP contribution in [0.15, 0.2) is 12.1 Å². The normalized spacial score (nSPS) is 24.4. The fraction of sp³-hybridized carbons (Fsp3) is 0.550. The molecule has 2 bridgehead atoms. The van der Waals surface area contributed by atoms with Crippen LogP contribution < -0.4 is 0 Å². The summed E-state index contributed by atoms with van der Waals surface area (Å²) in [5.41, 5.74) is -0.858. The summed E-state index contributed by atoms with van der Waals surface area (Å²) in [6, 6.07) is 3.08. The third kappa shape index (κ3) is 3.80. The van der Waals surface area contributed by atoms with Gasteiger partial charge >= 0.3 is 6.09 Å². The Hall–Kier alpha value is -2.49. The van der Waals surface area contributed by atoms with Crippen molar-refractivity contribution in [2.75, 3.05) is 0 Å². The predicted octanol–water partition coefficient (Wildman–Crippen LogP) is 4.20. The molecule has 0 radical (unpaired) electrons. The highest BCUT2D eigenvalue weighted by Crippen LogP contribution is 2.41. The van der Waals surface area contributed by atoms with Crippen LogP contribution in [0.1, 0.15) is 62.4 Å². The molecule has 2 aliphatic rings. The van der Waals surface area contributed by atoms with Crippen LogP contribution in [0.5, 0.6) is 0 Å². The third-order valence-corrected chi connectivity index (χ3v) is 5.15. The van der Waals surface area contributed by atoms with E-state index in [1.807, 2.05) is 0 Å². The van der Waals surface area contributed by atoms with Crippen molar-refractivity contribution in [3.63, 3.8) is 0 Å². The lowest BCUT2D eigenvalue weighted by Crippen LogP contribution is -2.49. The van der Waals surface area contributed by atoms with Gasteiger partial charge in [0.15, 0.2) is 17.4 Å². The second-order valence-corrected chi connectivity index (χ2v) is 8.23. The zero-order valence-corrected chi connectivity index (χ0v) is 15.6. The Bertz CT molecular complexity index is 812. The van der Waals surface area contributed by atoms with Crippen LogP contribution >= 0.6 is 0 Å². The first-order valence-electron chi connectivity index (χ1n) is 9.05. The van der Waals surface area contributed by atoms with Crippen molar-refractivity contribution in [2.24, 2.45) is 5.92 Å². The van der Waals surface area contributed by atoms with Gasteiger partial charge in [-0.25, -0.2) is 13.6 Å². The lowest BCUT2D eigenvalue weighted by Gasteiger charge is -2.39. The summed E-state index contributed by atoms with van der Waals surface area (Å²) in [6.07, 6.45) is 2.02. The van der Waals surface area contributed by atoms with Gasteiger partial charge in [-0.2, -0.15) is 5.26 Å². The van der Waals surface area contributed by atoms with Crippen LogP contribution in [-0.2, 0) is 4.74 Å². The molecule has 0 N–H and O–H groups in total. The van der Waals surface area contributed by atoms with E-state index >= 15 is 0 Å². The number of carbonyl (C=O) groups is 2. The standard InChI is InChI=1S/C20H22F2N2O3/c1-20(2,3)27-19(26)24-13-4-5-14(24)7-11(6-13)18(25)15-9-17(22)16(21)8-12(15)10-23/h8-9,11,13-14H,4-7H2,1-3H3. The Morgan fingerprint density at radius 1 is 1.15 bits per heavy atom. The number of piperidine rings is 1. The van der Waals surface area contributed by atoms with Gasteiger partial charge in [-0.1, -0.05) is 0 Å². The predicted molar refractivity (Wildman–Crippen MR) is 93.0 cm³/mol. The summed E-state index contributed by atoms with van der Waals surface area (Å²) in [6.45, 7) is 5.40. The fourth-order valence-corrected chi connectivity index (χ4v) is 4.07. The highest BCUT2D eigenvalue weighted by Gasteiger charge is 2.46. The summed E-state index contributed by atoms with van der Waals surface area (Å²) in [7, 11) is 0. The smallest absolute Gasteiger partial charge is 0.410 e. The summed E-state index contributed by atoms with van der Waals surface area (Å²) in [4.78, 5) is 27.1. The van der Waals surface area contributed by atoms with E-state index < -0.39 is 23.2 Å². The highest BCUT2D eigenvalue weighted by molar-refractivity contribution is 6.00. The van der Waals surface area contributed by atoms with Crippen LogP contribution in [-0.4, -0.2) is 34.5 Å². The number of hydrogen-bond donors (Lipinski definition) is 0. The van der Waals surface area contributed by atoms with E-state index in [4.69, 9.17) is 10.00 Å².